The Morgan fingerprint density at radius 3 is 2.55 bits per heavy atom. The normalized spacial score (nSPS) is 11.6. The van der Waals surface area contributed by atoms with Crippen LogP contribution in [0.4, 0.5) is 0 Å². The van der Waals surface area contributed by atoms with Crippen LogP contribution >= 0.6 is 0 Å². The Morgan fingerprint density at radius 1 is 1.27 bits per heavy atom. The van der Waals surface area contributed by atoms with E-state index in [0.29, 0.717) is 17.7 Å². The third-order valence-electron chi connectivity index (χ3n) is 4.31. The number of hydrogen-bond donors (Lipinski definition) is 2. The Morgan fingerprint density at radius 2 is 1.91 bits per heavy atom. The molecule has 2 rings (SSSR count). The van der Waals surface area contributed by atoms with Crippen LogP contribution in [0.15, 0.2) is 33.5 Å². The fourth-order valence-corrected chi connectivity index (χ4v) is 2.41. The highest BCUT2D eigenvalue weighted by molar-refractivity contribution is 5.99. The molecule has 3 N–H and O–H groups in total. The number of hydrogen-bond acceptors (Lipinski definition) is 4. The van der Waals surface area contributed by atoms with Crippen molar-refractivity contribution >= 4 is 16.9 Å². The summed E-state index contributed by atoms with van der Waals surface area (Å²) in [5.41, 5.74) is 6.25. The quantitative estimate of drug-likeness (QED) is 0.830. The minimum atomic E-state index is -0.621. The molecule has 0 saturated carbocycles. The number of carbonyl (C=O) groups is 1. The van der Waals surface area contributed by atoms with Crippen LogP contribution in [0, 0.1) is 6.92 Å². The SMILES string of the molecule is CCC(N)(CC)CNC(=O)c1c(C)c2ccccc2oc1=O. The third-order valence-corrected chi connectivity index (χ3v) is 4.31. The molecule has 0 aliphatic carbocycles. The highest BCUT2D eigenvalue weighted by Gasteiger charge is 2.24. The van der Waals surface area contributed by atoms with Gasteiger partial charge in [0.15, 0.2) is 0 Å². The second kappa shape index (κ2) is 6.32. The van der Waals surface area contributed by atoms with Gasteiger partial charge in [-0.1, -0.05) is 32.0 Å². The molecule has 118 valence electrons. The van der Waals surface area contributed by atoms with E-state index in [1.165, 1.54) is 0 Å². The van der Waals surface area contributed by atoms with Crippen LogP contribution in [0.25, 0.3) is 11.0 Å². The van der Waals surface area contributed by atoms with E-state index >= 15 is 0 Å². The summed E-state index contributed by atoms with van der Waals surface area (Å²) in [4.78, 5) is 24.5. The first-order valence-electron chi connectivity index (χ1n) is 7.51. The Bertz CT molecular complexity index is 745. The molecule has 1 amide bonds. The van der Waals surface area contributed by atoms with E-state index in [2.05, 4.69) is 5.32 Å². The summed E-state index contributed by atoms with van der Waals surface area (Å²) in [5.74, 6) is -0.436. The van der Waals surface area contributed by atoms with Crippen LogP contribution in [0.5, 0.6) is 0 Å². The van der Waals surface area contributed by atoms with Crippen LogP contribution in [-0.2, 0) is 0 Å². The summed E-state index contributed by atoms with van der Waals surface area (Å²) >= 11 is 0. The number of aryl methyl sites for hydroxylation is 1. The van der Waals surface area contributed by atoms with Gasteiger partial charge in [0.1, 0.15) is 11.1 Å². The molecule has 0 atom stereocenters. The van der Waals surface area contributed by atoms with Crippen LogP contribution < -0.4 is 16.7 Å². The van der Waals surface area contributed by atoms with Gasteiger partial charge in [0, 0.05) is 17.5 Å². The van der Waals surface area contributed by atoms with Crippen LogP contribution in [0.2, 0.25) is 0 Å². The molecule has 5 heteroatoms. The van der Waals surface area contributed by atoms with Crippen molar-refractivity contribution in [3.05, 3.63) is 45.8 Å². The summed E-state index contributed by atoms with van der Waals surface area (Å²) in [7, 11) is 0. The van der Waals surface area contributed by atoms with E-state index in [9.17, 15) is 9.59 Å². The maximum absolute atomic E-state index is 12.4. The largest absolute Gasteiger partial charge is 0.422 e. The maximum atomic E-state index is 12.4. The van der Waals surface area contributed by atoms with Crippen molar-refractivity contribution in [3.63, 3.8) is 0 Å². The zero-order valence-corrected chi connectivity index (χ0v) is 13.2. The van der Waals surface area contributed by atoms with Crippen molar-refractivity contribution in [2.75, 3.05) is 6.54 Å². The molecular formula is C17H22N2O3. The van der Waals surface area contributed by atoms with Crippen molar-refractivity contribution in [2.24, 2.45) is 5.73 Å². The monoisotopic (exact) mass is 302 g/mol. The molecule has 5 nitrogen and oxygen atoms in total. The van der Waals surface area contributed by atoms with Gasteiger partial charge < -0.3 is 15.5 Å². The van der Waals surface area contributed by atoms with Crippen molar-refractivity contribution < 1.29 is 9.21 Å². The van der Waals surface area contributed by atoms with Crippen molar-refractivity contribution in [1.82, 2.24) is 5.32 Å². The lowest BCUT2D eigenvalue weighted by Gasteiger charge is -2.26. The van der Waals surface area contributed by atoms with Crippen molar-refractivity contribution in [3.8, 4) is 0 Å². The summed E-state index contributed by atoms with van der Waals surface area (Å²) in [6, 6.07) is 7.17. The number of nitrogens with two attached hydrogens (primary N) is 1. The average Bonchev–Trinajstić information content (AvgIpc) is 2.52. The molecule has 1 aromatic carbocycles. The molecule has 0 saturated heterocycles. The molecule has 0 radical (unpaired) electrons. The molecule has 0 unspecified atom stereocenters. The van der Waals surface area contributed by atoms with Gasteiger partial charge in [-0.25, -0.2) is 4.79 Å². The highest BCUT2D eigenvalue weighted by atomic mass is 16.4. The lowest BCUT2D eigenvalue weighted by atomic mass is 9.94. The van der Waals surface area contributed by atoms with Gasteiger partial charge in [-0.15, -0.1) is 0 Å². The molecule has 0 spiro atoms. The number of nitrogens with one attached hydrogen (secondary N) is 1. The molecule has 0 bridgehead atoms. The summed E-state index contributed by atoms with van der Waals surface area (Å²) in [6.45, 7) is 6.03. The number of amides is 1. The van der Waals surface area contributed by atoms with E-state index in [1.807, 2.05) is 26.0 Å². The van der Waals surface area contributed by atoms with E-state index < -0.39 is 17.1 Å². The predicted octanol–water partition coefficient (Wildman–Crippen LogP) is 2.35. The Labute approximate surface area is 129 Å². The van der Waals surface area contributed by atoms with Crippen molar-refractivity contribution in [1.29, 1.82) is 0 Å². The van der Waals surface area contributed by atoms with Crippen LogP contribution in [-0.4, -0.2) is 18.0 Å². The Hall–Kier alpha value is -2.14. The fraction of sp³-hybridized carbons (Fsp3) is 0.412. The Kier molecular flexibility index (Phi) is 4.66. The number of benzene rings is 1. The molecular weight excluding hydrogens is 280 g/mol. The molecule has 2 aromatic rings. The molecule has 0 fully saturated rings. The lowest BCUT2D eigenvalue weighted by molar-refractivity contribution is 0.0938. The zero-order valence-electron chi connectivity index (χ0n) is 13.2. The maximum Gasteiger partial charge on any atom is 0.349 e. The average molecular weight is 302 g/mol. The van der Waals surface area contributed by atoms with Crippen LogP contribution in [0.1, 0.15) is 42.6 Å². The number of rotatable bonds is 5. The first-order valence-corrected chi connectivity index (χ1v) is 7.51. The zero-order chi connectivity index (χ0) is 16.3. The van der Waals surface area contributed by atoms with Crippen molar-refractivity contribution in [2.45, 2.75) is 39.2 Å². The second-order valence-corrected chi connectivity index (χ2v) is 5.64. The minimum Gasteiger partial charge on any atom is -0.422 e. The second-order valence-electron chi connectivity index (χ2n) is 5.64. The number of para-hydroxylation sites is 1. The molecule has 22 heavy (non-hydrogen) atoms. The standard InChI is InChI=1S/C17H22N2O3/c1-4-17(18,5-2)10-19-15(20)14-11(3)12-8-6-7-9-13(12)22-16(14)21/h6-9H,4-5,10,18H2,1-3H3,(H,19,20). The number of fused-ring (bicyclic) bond motifs is 1. The highest BCUT2D eigenvalue weighted by Crippen LogP contribution is 2.19. The van der Waals surface area contributed by atoms with E-state index in [-0.39, 0.29) is 5.56 Å². The number of carbonyl (C=O) groups excluding carboxylic acids is 1. The van der Waals surface area contributed by atoms with Gasteiger partial charge in [0.2, 0.25) is 0 Å². The van der Waals surface area contributed by atoms with Gasteiger partial charge in [-0.2, -0.15) is 0 Å². The van der Waals surface area contributed by atoms with E-state index in [4.69, 9.17) is 10.2 Å². The van der Waals surface area contributed by atoms with Gasteiger partial charge in [0.25, 0.3) is 5.91 Å². The Balaban J connectivity index is 2.34. The lowest BCUT2D eigenvalue weighted by Crippen LogP contribution is -2.49. The van der Waals surface area contributed by atoms with Gasteiger partial charge in [0.05, 0.1) is 0 Å². The molecule has 1 heterocycles. The molecule has 0 aliphatic rings. The molecule has 0 aliphatic heterocycles. The van der Waals surface area contributed by atoms with Gasteiger partial charge in [-0.05, 0) is 31.4 Å². The third kappa shape index (κ3) is 3.04. The van der Waals surface area contributed by atoms with Crippen LogP contribution in [0.3, 0.4) is 0 Å². The van der Waals surface area contributed by atoms with E-state index in [0.717, 1.165) is 18.2 Å². The summed E-state index contributed by atoms with van der Waals surface area (Å²) in [6.07, 6.45) is 1.49. The van der Waals surface area contributed by atoms with Gasteiger partial charge >= 0.3 is 5.63 Å². The predicted molar refractivity (Wildman–Crippen MR) is 87.1 cm³/mol. The fourth-order valence-electron chi connectivity index (χ4n) is 2.41. The smallest absolute Gasteiger partial charge is 0.349 e. The van der Waals surface area contributed by atoms with E-state index in [1.54, 1.807) is 19.1 Å². The minimum absolute atomic E-state index is 0.0493. The first-order chi connectivity index (χ1) is 10.4. The first kappa shape index (κ1) is 16.2. The summed E-state index contributed by atoms with van der Waals surface area (Å²) in [5, 5.41) is 3.53. The topological polar surface area (TPSA) is 85.3 Å². The summed E-state index contributed by atoms with van der Waals surface area (Å²) < 4.78 is 5.23. The van der Waals surface area contributed by atoms with Gasteiger partial charge in [-0.3, -0.25) is 4.79 Å². The molecule has 1 aromatic heterocycles.